The second-order valence-corrected chi connectivity index (χ2v) is 9.66. The summed E-state index contributed by atoms with van der Waals surface area (Å²) < 4.78 is 4.75. The Hall–Kier alpha value is -1.49. The van der Waals surface area contributed by atoms with E-state index in [2.05, 4.69) is 0 Å². The van der Waals surface area contributed by atoms with Crippen LogP contribution in [0.3, 0.4) is 0 Å². The Bertz CT molecular complexity index is 915. The van der Waals surface area contributed by atoms with Gasteiger partial charge in [0.1, 0.15) is 5.75 Å². The minimum absolute atomic E-state index is 0.00962. The third kappa shape index (κ3) is 4.91. The lowest BCUT2D eigenvalue weighted by Crippen LogP contribution is -2.37. The average Bonchev–Trinajstić information content (AvgIpc) is 2.77. The monoisotopic (exact) mass is 435 g/mol. The normalized spacial score (nSPS) is 24.2. The summed E-state index contributed by atoms with van der Waals surface area (Å²) in [6.07, 6.45) is 2.18. The van der Waals surface area contributed by atoms with E-state index >= 15 is 0 Å². The molecule has 6 heteroatoms. The molecule has 0 N–H and O–H groups in total. The minimum atomic E-state index is -0.586. The van der Waals surface area contributed by atoms with Crippen LogP contribution < -0.4 is 4.74 Å². The number of thioether (sulfide) groups is 1. The summed E-state index contributed by atoms with van der Waals surface area (Å²) in [6, 6.07) is 13.2. The number of benzene rings is 2. The molecule has 2 unspecified atom stereocenters. The largest absolute Gasteiger partial charge is 0.497 e. The molecule has 3 rings (SSSR count). The molecule has 1 aliphatic heterocycles. The van der Waals surface area contributed by atoms with E-state index in [4.69, 9.17) is 32.9 Å². The molecular formula is C22H23Cl2NO2S. The first-order valence-electron chi connectivity index (χ1n) is 9.19. The molecule has 2 aromatic rings. The summed E-state index contributed by atoms with van der Waals surface area (Å²) in [5.74, 6) is 1.05. The Kier molecular flexibility index (Phi) is 6.74. The molecule has 0 aliphatic carbocycles. The number of hydrogen-bond donors (Lipinski definition) is 0. The quantitative estimate of drug-likeness (QED) is 0.531. The van der Waals surface area contributed by atoms with Crippen molar-refractivity contribution in [3.05, 3.63) is 58.1 Å². The SMILES string of the molecule is COc1cccc(CC2(C)SC(=Nc3ccc(Cl)c(Cl)c3)CCC(C)C2=O)c1. The molecule has 0 amide bonds. The van der Waals surface area contributed by atoms with Gasteiger partial charge in [-0.2, -0.15) is 0 Å². The van der Waals surface area contributed by atoms with Gasteiger partial charge in [-0.1, -0.05) is 54.0 Å². The lowest BCUT2D eigenvalue weighted by atomic mass is 9.87. The molecule has 1 aliphatic rings. The summed E-state index contributed by atoms with van der Waals surface area (Å²) in [7, 11) is 1.65. The number of halogens is 2. The van der Waals surface area contributed by atoms with E-state index in [-0.39, 0.29) is 11.7 Å². The van der Waals surface area contributed by atoms with E-state index in [0.717, 1.165) is 34.9 Å². The van der Waals surface area contributed by atoms with Gasteiger partial charge in [0.25, 0.3) is 0 Å². The molecule has 2 atom stereocenters. The van der Waals surface area contributed by atoms with Gasteiger partial charge in [-0.05, 0) is 62.1 Å². The number of carbonyl (C=O) groups excluding carboxylic acids is 1. The Morgan fingerprint density at radius 3 is 2.71 bits per heavy atom. The molecule has 0 spiro atoms. The zero-order valence-electron chi connectivity index (χ0n) is 16.2. The second kappa shape index (κ2) is 8.89. The zero-order valence-corrected chi connectivity index (χ0v) is 18.5. The Morgan fingerprint density at radius 1 is 1.21 bits per heavy atom. The average molecular weight is 436 g/mol. The predicted molar refractivity (Wildman–Crippen MR) is 120 cm³/mol. The van der Waals surface area contributed by atoms with Gasteiger partial charge >= 0.3 is 0 Å². The lowest BCUT2D eigenvalue weighted by Gasteiger charge is -2.28. The van der Waals surface area contributed by atoms with Gasteiger partial charge in [-0.25, -0.2) is 4.99 Å². The highest BCUT2D eigenvalue weighted by Gasteiger charge is 2.40. The third-order valence-corrected chi connectivity index (χ3v) is 7.00. The predicted octanol–water partition coefficient (Wildman–Crippen LogP) is 6.77. The number of rotatable bonds is 4. The molecule has 3 nitrogen and oxygen atoms in total. The third-order valence-electron chi connectivity index (χ3n) is 4.94. The van der Waals surface area contributed by atoms with E-state index in [1.807, 2.05) is 44.2 Å². The Balaban J connectivity index is 1.92. The summed E-state index contributed by atoms with van der Waals surface area (Å²) in [4.78, 5) is 18.0. The number of ketones is 1. The highest BCUT2D eigenvalue weighted by molar-refractivity contribution is 8.15. The summed E-state index contributed by atoms with van der Waals surface area (Å²) >= 11 is 13.7. The Labute approximate surface area is 180 Å². The standard InChI is InChI=1S/C22H23Cl2NO2S/c1-14-7-10-20(25-16-8-9-18(23)19(24)12-16)28-22(2,21(14)26)13-15-5-4-6-17(11-15)27-3/h4-6,8-9,11-12,14H,7,10,13H2,1-3H3. The molecule has 2 aromatic carbocycles. The molecule has 1 fully saturated rings. The number of aliphatic imine (C=N–C) groups is 1. The van der Waals surface area contributed by atoms with Crippen molar-refractivity contribution in [3.8, 4) is 5.75 Å². The molecule has 0 radical (unpaired) electrons. The summed E-state index contributed by atoms with van der Waals surface area (Å²) in [5, 5.41) is 1.93. The van der Waals surface area contributed by atoms with Gasteiger partial charge in [0.2, 0.25) is 0 Å². The summed E-state index contributed by atoms with van der Waals surface area (Å²) in [6.45, 7) is 4.03. The van der Waals surface area contributed by atoms with Crippen LogP contribution >= 0.6 is 35.0 Å². The van der Waals surface area contributed by atoms with Crippen molar-refractivity contribution in [2.75, 3.05) is 7.11 Å². The second-order valence-electron chi connectivity index (χ2n) is 7.27. The minimum Gasteiger partial charge on any atom is -0.497 e. The molecule has 28 heavy (non-hydrogen) atoms. The van der Waals surface area contributed by atoms with E-state index in [1.54, 1.807) is 31.0 Å². The fourth-order valence-corrected chi connectivity index (χ4v) is 5.15. The zero-order chi connectivity index (χ0) is 20.3. The van der Waals surface area contributed by atoms with Crippen molar-refractivity contribution in [2.45, 2.75) is 37.9 Å². The van der Waals surface area contributed by atoms with Crippen LogP contribution in [0.15, 0.2) is 47.5 Å². The maximum atomic E-state index is 13.2. The lowest BCUT2D eigenvalue weighted by molar-refractivity contribution is -0.124. The first kappa shape index (κ1) is 21.2. The topological polar surface area (TPSA) is 38.7 Å². The fourth-order valence-electron chi connectivity index (χ4n) is 3.43. The van der Waals surface area contributed by atoms with Gasteiger partial charge in [-0.15, -0.1) is 0 Å². The smallest absolute Gasteiger partial charge is 0.152 e. The van der Waals surface area contributed by atoms with Crippen LogP contribution in [0, 0.1) is 5.92 Å². The fraction of sp³-hybridized carbons (Fsp3) is 0.364. The van der Waals surface area contributed by atoms with Crippen LogP contribution in [0.1, 0.15) is 32.3 Å². The van der Waals surface area contributed by atoms with Crippen LogP contribution in [0.2, 0.25) is 10.0 Å². The van der Waals surface area contributed by atoms with Crippen LogP contribution in [0.5, 0.6) is 5.75 Å². The van der Waals surface area contributed by atoms with Crippen molar-refractivity contribution in [1.82, 2.24) is 0 Å². The van der Waals surface area contributed by atoms with Crippen molar-refractivity contribution in [3.63, 3.8) is 0 Å². The van der Waals surface area contributed by atoms with E-state index in [1.165, 1.54) is 0 Å². The van der Waals surface area contributed by atoms with E-state index in [9.17, 15) is 4.79 Å². The van der Waals surface area contributed by atoms with E-state index in [0.29, 0.717) is 16.5 Å². The van der Waals surface area contributed by atoms with Crippen molar-refractivity contribution in [2.24, 2.45) is 10.9 Å². The number of methoxy groups -OCH3 is 1. The molecular weight excluding hydrogens is 413 g/mol. The summed E-state index contributed by atoms with van der Waals surface area (Å²) in [5.41, 5.74) is 1.83. The highest BCUT2D eigenvalue weighted by atomic mass is 35.5. The van der Waals surface area contributed by atoms with Gasteiger partial charge in [-0.3, -0.25) is 4.79 Å². The number of nitrogens with zero attached hydrogens (tertiary/aromatic N) is 1. The molecule has 0 saturated carbocycles. The van der Waals surface area contributed by atoms with E-state index < -0.39 is 4.75 Å². The number of ether oxygens (including phenoxy) is 1. The molecule has 0 bridgehead atoms. The molecule has 1 saturated heterocycles. The van der Waals surface area contributed by atoms with Crippen LogP contribution in [-0.2, 0) is 11.2 Å². The van der Waals surface area contributed by atoms with Gasteiger partial charge < -0.3 is 4.74 Å². The van der Waals surface area contributed by atoms with Crippen molar-refractivity contribution in [1.29, 1.82) is 0 Å². The van der Waals surface area contributed by atoms with Gasteiger partial charge in [0.15, 0.2) is 5.78 Å². The highest BCUT2D eigenvalue weighted by Crippen LogP contribution is 2.40. The maximum absolute atomic E-state index is 13.2. The molecule has 148 valence electrons. The molecule has 1 heterocycles. The van der Waals surface area contributed by atoms with Crippen LogP contribution in [0.25, 0.3) is 0 Å². The van der Waals surface area contributed by atoms with Gasteiger partial charge in [0.05, 0.1) is 32.6 Å². The first-order valence-corrected chi connectivity index (χ1v) is 10.8. The van der Waals surface area contributed by atoms with Gasteiger partial charge in [0, 0.05) is 5.92 Å². The molecule has 0 aromatic heterocycles. The first-order chi connectivity index (χ1) is 13.3. The Morgan fingerprint density at radius 2 is 2.00 bits per heavy atom. The van der Waals surface area contributed by atoms with Crippen LogP contribution in [-0.4, -0.2) is 22.7 Å². The maximum Gasteiger partial charge on any atom is 0.152 e. The number of carbonyl (C=O) groups is 1. The van der Waals surface area contributed by atoms with Crippen molar-refractivity contribution < 1.29 is 9.53 Å². The van der Waals surface area contributed by atoms with Crippen LogP contribution in [0.4, 0.5) is 5.69 Å². The van der Waals surface area contributed by atoms with Crippen molar-refractivity contribution >= 4 is 51.5 Å². The number of Topliss-reactive ketones (excluding diaryl/α,β-unsaturated/α-hetero) is 1. The number of hydrogen-bond acceptors (Lipinski definition) is 4.